The van der Waals surface area contributed by atoms with Crippen LogP contribution in [0.4, 0.5) is 0 Å². The van der Waals surface area contributed by atoms with Crippen LogP contribution in [0, 0.1) is 5.92 Å². The van der Waals surface area contributed by atoms with Gasteiger partial charge in [-0.05, 0) is 35.9 Å². The van der Waals surface area contributed by atoms with E-state index < -0.39 is 0 Å². The number of nitrogens with zero attached hydrogens (tertiary/aromatic N) is 1. The Bertz CT molecular complexity index is 348. The van der Waals surface area contributed by atoms with Crippen LogP contribution in [-0.4, -0.2) is 35.7 Å². The zero-order valence-electron chi connectivity index (χ0n) is 10.2. The van der Waals surface area contributed by atoms with Crippen LogP contribution in [0.3, 0.4) is 0 Å². The van der Waals surface area contributed by atoms with Crippen molar-refractivity contribution in [2.24, 2.45) is 11.7 Å². The van der Waals surface area contributed by atoms with Crippen molar-refractivity contribution in [1.29, 1.82) is 0 Å². The Morgan fingerprint density at radius 1 is 1.50 bits per heavy atom. The van der Waals surface area contributed by atoms with Gasteiger partial charge in [-0.1, -0.05) is 32.0 Å². The second kappa shape index (κ2) is 3.23. The first-order valence-corrected chi connectivity index (χ1v) is 6.80. The highest BCUT2D eigenvalue weighted by Crippen LogP contribution is 2.64. The van der Waals surface area contributed by atoms with Crippen molar-refractivity contribution < 1.29 is 0 Å². The Hall–Kier alpha value is -0.0851. The van der Waals surface area contributed by atoms with E-state index in [-0.39, 0.29) is 5.44 Å². The molecule has 4 unspecified atom stereocenters. The third kappa shape index (κ3) is 1.26. The highest BCUT2D eigenvalue weighted by atomic mass is 32.1. The molecule has 0 bridgehead atoms. The highest BCUT2D eigenvalue weighted by molar-refractivity contribution is 7.80. The summed E-state index contributed by atoms with van der Waals surface area (Å²) in [4.78, 5) is 3.46. The molecule has 2 heterocycles. The molecule has 1 aliphatic carbocycles. The second-order valence-corrected chi connectivity index (χ2v) is 6.58. The fourth-order valence-electron chi connectivity index (χ4n) is 4.04. The molecule has 3 rings (SSSR count). The van der Waals surface area contributed by atoms with E-state index in [0.717, 1.165) is 11.4 Å². The maximum absolute atomic E-state index is 6.62. The highest BCUT2D eigenvalue weighted by Gasteiger charge is 2.68. The molecule has 1 saturated carbocycles. The quantitative estimate of drug-likeness (QED) is 0.512. The molecule has 0 aromatic rings. The van der Waals surface area contributed by atoms with Crippen LogP contribution in [0.1, 0.15) is 39.0 Å². The summed E-state index contributed by atoms with van der Waals surface area (Å²) in [6.07, 6.45) is 6.06. The second-order valence-electron chi connectivity index (χ2n) is 6.10. The summed E-state index contributed by atoms with van der Waals surface area (Å²) >= 11 is 5.43. The van der Waals surface area contributed by atoms with E-state index in [9.17, 15) is 0 Å². The lowest BCUT2D eigenvalue weighted by Crippen LogP contribution is -2.53. The third-order valence-corrected chi connectivity index (χ3v) is 5.79. The molecule has 0 aromatic heterocycles. The minimum atomic E-state index is -0.00153. The van der Waals surface area contributed by atoms with Crippen molar-refractivity contribution in [3.8, 4) is 0 Å². The van der Waals surface area contributed by atoms with Crippen LogP contribution in [0.5, 0.6) is 0 Å². The van der Waals surface area contributed by atoms with E-state index in [1.54, 1.807) is 0 Å². The fraction of sp³-hybridized carbons (Fsp3) is 0.917. The summed E-state index contributed by atoms with van der Waals surface area (Å²) in [5.41, 5.74) is 6.62. The molecule has 16 heavy (non-hydrogen) atoms. The molecule has 2 saturated heterocycles. The Morgan fingerprint density at radius 3 is 3.00 bits per heavy atom. The van der Waals surface area contributed by atoms with Crippen molar-refractivity contribution in [2.45, 2.75) is 55.8 Å². The fourth-order valence-corrected chi connectivity index (χ4v) is 4.30. The molecule has 3 aliphatic rings. The number of hydrogen-bond donors (Lipinski definition) is 1. The Morgan fingerprint density at radius 2 is 2.25 bits per heavy atom. The summed E-state index contributed by atoms with van der Waals surface area (Å²) in [5.74, 6) is 0.622. The van der Waals surface area contributed by atoms with E-state index in [0.29, 0.717) is 17.3 Å². The maximum atomic E-state index is 6.62. The molecule has 4 heteroatoms. The average Bonchev–Trinajstić information content (AvgIpc) is 2.78. The molecule has 2 N–H and O–H groups in total. The van der Waals surface area contributed by atoms with Gasteiger partial charge in [0.2, 0.25) is 0 Å². The largest absolute Gasteiger partial charge is 0.366 e. The van der Waals surface area contributed by atoms with Gasteiger partial charge in [0.05, 0.1) is 4.99 Å². The summed E-state index contributed by atoms with van der Waals surface area (Å²) in [6, 6.07) is 0.590. The molecular weight excluding hydrogens is 215 g/mol. The lowest BCUT2D eigenvalue weighted by molar-refractivity contribution is 0.183. The smallest absolute Gasteiger partial charge is 0.146 e. The van der Waals surface area contributed by atoms with Crippen LogP contribution in [0.25, 0.3) is 0 Å². The first-order valence-electron chi connectivity index (χ1n) is 6.39. The van der Waals surface area contributed by atoms with E-state index in [1.165, 1.54) is 25.7 Å². The topological polar surface area (TPSA) is 29.3 Å². The summed E-state index contributed by atoms with van der Waals surface area (Å²) in [6.45, 7) is 2.34. The Balaban J connectivity index is 1.92. The van der Waals surface area contributed by atoms with Crippen LogP contribution in [-0.2, 0) is 0 Å². The van der Waals surface area contributed by atoms with Gasteiger partial charge >= 0.3 is 0 Å². The standard InChI is InChI=1S/C12H20BN2S/c1-11-7-3-4-9-8(12(11,14)13-11)5-6-10(16)15(9)2/h8-9H,3-7,14H2,1-2H3. The van der Waals surface area contributed by atoms with Crippen LogP contribution in [0.2, 0.25) is 5.31 Å². The van der Waals surface area contributed by atoms with Crippen LogP contribution in [0.15, 0.2) is 0 Å². The van der Waals surface area contributed by atoms with E-state index >= 15 is 0 Å². The van der Waals surface area contributed by atoms with Crippen molar-refractivity contribution in [1.82, 2.24) is 4.90 Å². The molecule has 1 radical (unpaired) electrons. The summed E-state index contributed by atoms with van der Waals surface area (Å²) < 4.78 is 0. The van der Waals surface area contributed by atoms with Crippen molar-refractivity contribution in [3.05, 3.63) is 0 Å². The van der Waals surface area contributed by atoms with E-state index in [2.05, 4.69) is 26.2 Å². The maximum Gasteiger partial charge on any atom is 0.146 e. The van der Waals surface area contributed by atoms with E-state index in [1.807, 2.05) is 0 Å². The first-order chi connectivity index (χ1) is 7.48. The number of nitrogens with two attached hydrogens (primary N) is 1. The number of likely N-dealkylation sites (tertiary alicyclic amines) is 1. The molecule has 4 atom stereocenters. The summed E-state index contributed by atoms with van der Waals surface area (Å²) in [5, 5.41) is 0.312. The molecule has 87 valence electrons. The SMILES string of the molecule is CN1C(=S)CCC2C1CCCC1(C)[B]C21N. The van der Waals surface area contributed by atoms with Gasteiger partial charge in [-0.25, -0.2) is 0 Å². The van der Waals surface area contributed by atoms with Crippen molar-refractivity contribution in [3.63, 3.8) is 0 Å². The summed E-state index contributed by atoms with van der Waals surface area (Å²) in [7, 11) is 4.56. The van der Waals surface area contributed by atoms with Gasteiger partial charge in [-0.15, -0.1) is 0 Å². The number of piperidine rings is 1. The van der Waals surface area contributed by atoms with Crippen molar-refractivity contribution in [2.75, 3.05) is 7.05 Å². The van der Waals surface area contributed by atoms with Gasteiger partial charge in [-0.3, -0.25) is 0 Å². The monoisotopic (exact) mass is 235 g/mol. The molecule has 0 amide bonds. The normalized spacial score (nSPS) is 51.2. The number of hydrogen-bond acceptors (Lipinski definition) is 2. The molecule has 0 spiro atoms. The minimum Gasteiger partial charge on any atom is -0.366 e. The number of rotatable bonds is 0. The predicted molar refractivity (Wildman–Crippen MR) is 71.8 cm³/mol. The lowest BCUT2D eigenvalue weighted by atomic mass is 9.74. The van der Waals surface area contributed by atoms with Gasteiger partial charge in [0.25, 0.3) is 0 Å². The van der Waals surface area contributed by atoms with Gasteiger partial charge in [0.1, 0.15) is 7.28 Å². The molecule has 2 nitrogen and oxygen atoms in total. The number of thiocarbonyl (C=S) groups is 1. The third-order valence-electron chi connectivity index (χ3n) is 5.30. The zero-order chi connectivity index (χ0) is 11.6. The van der Waals surface area contributed by atoms with Gasteiger partial charge < -0.3 is 10.6 Å². The van der Waals surface area contributed by atoms with Crippen LogP contribution < -0.4 is 5.73 Å². The Labute approximate surface area is 104 Å². The van der Waals surface area contributed by atoms with Gasteiger partial charge in [0.15, 0.2) is 0 Å². The number of fused-ring (bicyclic) bond motifs is 3. The molecular formula is C12H20BN2S. The van der Waals surface area contributed by atoms with Gasteiger partial charge in [-0.2, -0.15) is 0 Å². The zero-order valence-corrected chi connectivity index (χ0v) is 11.0. The lowest BCUT2D eigenvalue weighted by Gasteiger charge is -2.44. The van der Waals surface area contributed by atoms with Gasteiger partial charge in [0, 0.05) is 13.1 Å². The molecule has 0 aromatic carbocycles. The molecule has 3 fully saturated rings. The molecule has 2 aliphatic heterocycles. The predicted octanol–water partition coefficient (Wildman–Crippen LogP) is 1.76. The van der Waals surface area contributed by atoms with E-state index in [4.69, 9.17) is 18.0 Å². The Kier molecular flexibility index (Phi) is 2.22. The first kappa shape index (κ1) is 11.0. The van der Waals surface area contributed by atoms with Crippen molar-refractivity contribution >= 4 is 24.5 Å². The van der Waals surface area contributed by atoms with Crippen LogP contribution >= 0.6 is 12.2 Å². The minimum absolute atomic E-state index is 0.00153. The average molecular weight is 235 g/mol.